The van der Waals surface area contributed by atoms with Crippen LogP contribution in [0.15, 0.2) is 205 Å². The average Bonchev–Trinajstić information content (AvgIpc) is 1.72. The fourth-order valence-corrected chi connectivity index (χ4v) is 13.4. The molecule has 0 bridgehead atoms. The monoisotopic (exact) mass is 1240 g/mol. The molecule has 465 valence electrons. The zero-order valence-corrected chi connectivity index (χ0v) is 57.0. The predicted molar refractivity (Wildman–Crippen MR) is 383 cm³/mol. The van der Waals surface area contributed by atoms with Crippen molar-refractivity contribution in [2.75, 3.05) is 0 Å². The first-order valence-corrected chi connectivity index (χ1v) is 32.8. The van der Waals surface area contributed by atoms with E-state index in [0.29, 0.717) is 70.0 Å². The number of aromatic nitrogens is 4. The Morgan fingerprint density at radius 2 is 0.505 bits per heavy atom. The second-order valence-electron chi connectivity index (χ2n) is 27.0. The van der Waals surface area contributed by atoms with E-state index < -0.39 is 0 Å². The average molecular weight is 1250 g/mol. The summed E-state index contributed by atoms with van der Waals surface area (Å²) in [6.45, 7) is 36.4. The molecule has 0 aliphatic heterocycles. The molecule has 0 fully saturated rings. The molecule has 1 radical (unpaired) electrons. The van der Waals surface area contributed by atoms with Crippen LogP contribution in [0.2, 0.25) is 0 Å². The minimum absolute atomic E-state index is 0. The molecule has 91 heavy (non-hydrogen) atoms. The van der Waals surface area contributed by atoms with Crippen molar-refractivity contribution < 1.29 is 17.1 Å². The van der Waals surface area contributed by atoms with Crippen LogP contribution in [-0.2, 0) is 17.1 Å². The van der Waals surface area contributed by atoms with Gasteiger partial charge in [-0.15, -0.1) is 0 Å². The SMILES string of the molecule is CC(C)c1cccc(C(C)C)c1-c1ccc2c(N=c3[n-]ccc4cc(-c5c(C(C)C)cccc5C(C)C)ccc34)nccc2c1.CC(C)c1cccc(C(C)C)c1-c1ccc2c(N=c3[n-]ccc4cc(-c5c(C(C)C)cccc5C(C)C)ccc34)nccc2c1.[Cu+2]. The van der Waals surface area contributed by atoms with Crippen LogP contribution in [0.1, 0.15) is 203 Å². The van der Waals surface area contributed by atoms with Crippen molar-refractivity contribution in [1.29, 1.82) is 0 Å². The molecular weight excluding hydrogens is 1160 g/mol. The van der Waals surface area contributed by atoms with Crippen LogP contribution >= 0.6 is 0 Å². The summed E-state index contributed by atoms with van der Waals surface area (Å²) in [6.07, 6.45) is 7.45. The molecule has 0 N–H and O–H groups in total. The number of fused-ring (bicyclic) bond motifs is 4. The second kappa shape index (κ2) is 27.9. The molecular formula is C84H88CuN6. The van der Waals surface area contributed by atoms with E-state index in [1.54, 1.807) is 0 Å². The van der Waals surface area contributed by atoms with Gasteiger partial charge in [-0.05, 0) is 216 Å². The molecule has 12 rings (SSSR count). The third-order valence-electron chi connectivity index (χ3n) is 18.0. The Hall–Kier alpha value is -8.48. The Bertz CT molecular complexity index is 4350. The molecule has 4 aromatic heterocycles. The van der Waals surface area contributed by atoms with Gasteiger partial charge in [-0.3, -0.25) is 9.97 Å². The molecule has 0 saturated carbocycles. The van der Waals surface area contributed by atoms with E-state index in [9.17, 15) is 0 Å². The van der Waals surface area contributed by atoms with Crippen LogP contribution in [0, 0.1) is 0 Å². The predicted octanol–water partition coefficient (Wildman–Crippen LogP) is 22.8. The van der Waals surface area contributed by atoms with Gasteiger partial charge in [0.05, 0.1) is 11.6 Å². The van der Waals surface area contributed by atoms with Crippen LogP contribution in [-0.4, -0.2) is 9.97 Å². The second-order valence-corrected chi connectivity index (χ2v) is 27.0. The summed E-state index contributed by atoms with van der Waals surface area (Å²) in [4.78, 5) is 29.0. The number of hydrogen-bond donors (Lipinski definition) is 0. The Labute approximate surface area is 551 Å². The van der Waals surface area contributed by atoms with E-state index in [1.807, 2.05) is 24.8 Å². The Kier molecular flexibility index (Phi) is 20.1. The van der Waals surface area contributed by atoms with Gasteiger partial charge in [0.2, 0.25) is 0 Å². The normalized spacial score (nSPS) is 12.4. The molecule has 0 aliphatic rings. The Morgan fingerprint density at radius 3 is 0.747 bits per heavy atom. The molecule has 6 nitrogen and oxygen atoms in total. The van der Waals surface area contributed by atoms with Crippen LogP contribution in [0.3, 0.4) is 0 Å². The summed E-state index contributed by atoms with van der Waals surface area (Å²) < 4.78 is 0. The summed E-state index contributed by atoms with van der Waals surface area (Å²) in [5.41, 5.74) is 22.8. The van der Waals surface area contributed by atoms with Gasteiger partial charge in [-0.1, -0.05) is 257 Å². The standard InChI is InChI=1S/2C42H44N3.Cu/c2*1-25(2)33-11-9-12-34(26(3)4)39(33)31-15-17-37-29(23-31)19-21-43-41(37)45-42-38-18-16-32(24-30(38)20-22-44-42)40-35(27(5)6)13-10-14-36(40)28(7)8;/h2*9-28H,1-8H3;/q2*-1;+2. The van der Waals surface area contributed by atoms with E-state index in [1.165, 1.54) is 89.0 Å². The van der Waals surface area contributed by atoms with Crippen molar-refractivity contribution in [2.24, 2.45) is 9.98 Å². The number of hydrogen-bond acceptors (Lipinski definition) is 4. The van der Waals surface area contributed by atoms with Gasteiger partial charge in [-0.25, -0.2) is 0 Å². The van der Waals surface area contributed by atoms with Crippen LogP contribution in [0.5, 0.6) is 0 Å². The first-order valence-electron chi connectivity index (χ1n) is 32.8. The summed E-state index contributed by atoms with van der Waals surface area (Å²) in [5, 5.41) is 8.61. The zero-order chi connectivity index (χ0) is 63.7. The van der Waals surface area contributed by atoms with Crippen molar-refractivity contribution in [3.63, 3.8) is 0 Å². The van der Waals surface area contributed by atoms with Crippen molar-refractivity contribution in [3.8, 4) is 44.5 Å². The number of benzene rings is 8. The third-order valence-corrected chi connectivity index (χ3v) is 18.0. The topological polar surface area (TPSA) is 78.7 Å². The molecule has 4 heterocycles. The smallest absolute Gasteiger partial charge is 0.442 e. The largest absolute Gasteiger partial charge is 2.00 e. The molecule has 0 unspecified atom stereocenters. The molecule has 0 saturated heterocycles. The van der Waals surface area contributed by atoms with E-state index in [-0.39, 0.29) is 17.1 Å². The maximum Gasteiger partial charge on any atom is 2.00 e. The van der Waals surface area contributed by atoms with Crippen molar-refractivity contribution in [2.45, 2.75) is 158 Å². The van der Waals surface area contributed by atoms with Crippen molar-refractivity contribution in [1.82, 2.24) is 19.9 Å². The number of rotatable bonds is 14. The van der Waals surface area contributed by atoms with Crippen molar-refractivity contribution in [3.05, 3.63) is 250 Å². The van der Waals surface area contributed by atoms with Gasteiger partial charge in [-0.2, -0.15) is 0 Å². The molecule has 0 atom stereocenters. The molecule has 0 spiro atoms. The Morgan fingerprint density at radius 1 is 0.275 bits per heavy atom. The maximum atomic E-state index is 5.06. The minimum Gasteiger partial charge on any atom is -0.442 e. The van der Waals surface area contributed by atoms with E-state index >= 15 is 0 Å². The van der Waals surface area contributed by atoms with Gasteiger partial charge in [0, 0.05) is 23.2 Å². The molecule has 7 heteroatoms. The van der Waals surface area contributed by atoms with Gasteiger partial charge in [0.25, 0.3) is 0 Å². The quantitative estimate of drug-likeness (QED) is 0.102. The van der Waals surface area contributed by atoms with Crippen LogP contribution in [0.4, 0.5) is 11.6 Å². The fraction of sp³-hybridized carbons (Fsp3) is 0.286. The summed E-state index contributed by atoms with van der Waals surface area (Å²) in [6, 6.07) is 62.1. The molecule has 8 aromatic carbocycles. The van der Waals surface area contributed by atoms with Gasteiger partial charge < -0.3 is 20.0 Å². The number of pyridine rings is 4. The van der Waals surface area contributed by atoms with E-state index in [4.69, 9.17) is 29.9 Å². The summed E-state index contributed by atoms with van der Waals surface area (Å²) in [5.74, 6) is 4.87. The minimum atomic E-state index is 0. The zero-order valence-electron chi connectivity index (χ0n) is 56.1. The van der Waals surface area contributed by atoms with E-state index in [0.717, 1.165) is 43.1 Å². The van der Waals surface area contributed by atoms with Gasteiger partial charge in [0.1, 0.15) is 0 Å². The summed E-state index contributed by atoms with van der Waals surface area (Å²) in [7, 11) is 0. The van der Waals surface area contributed by atoms with Crippen LogP contribution < -0.4 is 20.9 Å². The van der Waals surface area contributed by atoms with Crippen molar-refractivity contribution >= 4 is 54.7 Å². The van der Waals surface area contributed by atoms with E-state index in [2.05, 4.69) is 281 Å². The maximum absolute atomic E-state index is 5.06. The molecule has 0 amide bonds. The Balaban J connectivity index is 0.000000198. The third kappa shape index (κ3) is 13.5. The molecule has 0 aliphatic carbocycles. The number of nitrogens with zero attached hydrogens (tertiary/aromatic N) is 6. The fourth-order valence-electron chi connectivity index (χ4n) is 13.4. The first kappa shape index (κ1) is 65.5. The van der Waals surface area contributed by atoms with Gasteiger partial charge >= 0.3 is 17.1 Å². The first-order chi connectivity index (χ1) is 43.3. The van der Waals surface area contributed by atoms with Crippen LogP contribution in [0.25, 0.3) is 87.6 Å². The summed E-state index contributed by atoms with van der Waals surface area (Å²) >= 11 is 0. The van der Waals surface area contributed by atoms with Gasteiger partial charge in [0.15, 0.2) is 0 Å². The molecule has 12 aromatic rings.